The first-order chi connectivity index (χ1) is 9.24. The summed E-state index contributed by atoms with van der Waals surface area (Å²) in [5.74, 6) is 0.310. The van der Waals surface area contributed by atoms with Gasteiger partial charge in [0.2, 0.25) is 0 Å². The molecule has 0 bridgehead atoms. The van der Waals surface area contributed by atoms with E-state index in [-0.39, 0.29) is 12.2 Å². The molecule has 0 saturated heterocycles. The summed E-state index contributed by atoms with van der Waals surface area (Å²) in [6.45, 7) is 0.0449. The van der Waals surface area contributed by atoms with E-state index in [0.29, 0.717) is 17.2 Å². The van der Waals surface area contributed by atoms with Crippen molar-refractivity contribution in [2.24, 2.45) is 0 Å². The third-order valence-electron chi connectivity index (χ3n) is 2.53. The van der Waals surface area contributed by atoms with Gasteiger partial charge >= 0.3 is 0 Å². The number of pyridine rings is 1. The highest BCUT2D eigenvalue weighted by atomic mass is 35.5. The van der Waals surface area contributed by atoms with Crippen molar-refractivity contribution in [2.75, 3.05) is 0 Å². The largest absolute Gasteiger partial charge is 0.487 e. The molecule has 0 spiro atoms. The Kier molecular flexibility index (Phi) is 4.32. The van der Waals surface area contributed by atoms with Gasteiger partial charge in [0, 0.05) is 5.56 Å². The van der Waals surface area contributed by atoms with Crippen LogP contribution in [0.15, 0.2) is 36.5 Å². The van der Waals surface area contributed by atoms with Crippen LogP contribution in [0, 0.1) is 17.1 Å². The van der Waals surface area contributed by atoms with Crippen LogP contribution in [-0.4, -0.2) is 4.98 Å². The molecule has 0 saturated carbocycles. The van der Waals surface area contributed by atoms with Crippen LogP contribution in [0.1, 0.15) is 16.8 Å². The van der Waals surface area contributed by atoms with E-state index in [1.807, 2.05) is 0 Å². The molecule has 0 unspecified atom stereocenters. The highest BCUT2D eigenvalue weighted by Crippen LogP contribution is 2.16. The zero-order chi connectivity index (χ0) is 13.7. The molecule has 5 heteroatoms. The number of nitrogens with zero attached hydrogens (tertiary/aromatic N) is 2. The Hall–Kier alpha value is -2.12. The molecule has 96 valence electrons. The molecule has 0 fully saturated rings. The molecule has 2 aromatic rings. The van der Waals surface area contributed by atoms with Crippen molar-refractivity contribution in [1.82, 2.24) is 4.98 Å². The number of nitriles is 1. The summed E-state index contributed by atoms with van der Waals surface area (Å²) in [6.07, 6.45) is 1.53. The summed E-state index contributed by atoms with van der Waals surface area (Å²) < 4.78 is 19.2. The lowest BCUT2D eigenvalue weighted by molar-refractivity contribution is 0.298. The minimum atomic E-state index is -0.546. The van der Waals surface area contributed by atoms with Crippen LogP contribution in [0.2, 0.25) is 0 Å². The summed E-state index contributed by atoms with van der Waals surface area (Å²) in [7, 11) is 0. The molecule has 0 N–H and O–H groups in total. The van der Waals surface area contributed by atoms with Gasteiger partial charge in [-0.1, -0.05) is 12.1 Å². The van der Waals surface area contributed by atoms with Gasteiger partial charge < -0.3 is 4.74 Å². The van der Waals surface area contributed by atoms with E-state index in [4.69, 9.17) is 21.6 Å². The second-order valence-electron chi connectivity index (χ2n) is 3.80. The van der Waals surface area contributed by atoms with E-state index in [9.17, 15) is 4.39 Å². The van der Waals surface area contributed by atoms with Crippen LogP contribution in [0.5, 0.6) is 5.75 Å². The highest BCUT2D eigenvalue weighted by molar-refractivity contribution is 6.16. The zero-order valence-corrected chi connectivity index (χ0v) is 10.7. The molecule has 1 heterocycles. The van der Waals surface area contributed by atoms with Crippen LogP contribution < -0.4 is 4.74 Å². The molecule has 0 radical (unpaired) electrons. The summed E-state index contributed by atoms with van der Waals surface area (Å²) in [6, 6.07) is 9.88. The Bertz CT molecular complexity index is 608. The zero-order valence-electron chi connectivity index (χ0n) is 9.94. The van der Waals surface area contributed by atoms with Crippen LogP contribution in [0.25, 0.3) is 0 Å². The maximum atomic E-state index is 13.8. The lowest BCUT2D eigenvalue weighted by Crippen LogP contribution is -2.00. The Balaban J connectivity index is 2.08. The van der Waals surface area contributed by atoms with Crippen LogP contribution >= 0.6 is 11.6 Å². The molecule has 0 aliphatic heterocycles. The van der Waals surface area contributed by atoms with E-state index in [2.05, 4.69) is 4.98 Å². The topological polar surface area (TPSA) is 45.9 Å². The average Bonchev–Trinajstić information content (AvgIpc) is 2.47. The third-order valence-corrected chi connectivity index (χ3v) is 2.80. The Morgan fingerprint density at radius 3 is 2.79 bits per heavy atom. The number of alkyl halides is 1. The van der Waals surface area contributed by atoms with Crippen molar-refractivity contribution >= 4 is 11.6 Å². The molecule has 1 aromatic heterocycles. The van der Waals surface area contributed by atoms with Crippen molar-refractivity contribution < 1.29 is 9.13 Å². The van der Waals surface area contributed by atoms with Crippen LogP contribution in [0.4, 0.5) is 4.39 Å². The van der Waals surface area contributed by atoms with E-state index >= 15 is 0 Å². The quantitative estimate of drug-likeness (QED) is 0.804. The lowest BCUT2D eigenvalue weighted by Gasteiger charge is -2.07. The predicted molar refractivity (Wildman–Crippen MR) is 69.2 cm³/mol. The molecular formula is C14H10ClFN2O. The first-order valence-corrected chi connectivity index (χ1v) is 6.09. The van der Waals surface area contributed by atoms with Crippen LogP contribution in [-0.2, 0) is 12.5 Å². The Morgan fingerprint density at radius 2 is 2.16 bits per heavy atom. The Morgan fingerprint density at radius 1 is 1.32 bits per heavy atom. The van der Waals surface area contributed by atoms with E-state index in [1.165, 1.54) is 12.3 Å². The molecule has 1 aromatic carbocycles. The Labute approximate surface area is 115 Å². The normalized spacial score (nSPS) is 9.95. The van der Waals surface area contributed by atoms with Crippen LogP contribution in [0.3, 0.4) is 0 Å². The molecule has 3 nitrogen and oxygen atoms in total. The number of rotatable bonds is 4. The first kappa shape index (κ1) is 13.3. The van der Waals surface area contributed by atoms with Gasteiger partial charge in [-0.15, -0.1) is 11.6 Å². The number of hydrogen-bond donors (Lipinski definition) is 0. The maximum Gasteiger partial charge on any atom is 0.147 e. The second-order valence-corrected chi connectivity index (χ2v) is 4.07. The number of benzene rings is 1. The lowest BCUT2D eigenvalue weighted by atomic mass is 10.1. The van der Waals surface area contributed by atoms with Gasteiger partial charge in [0.1, 0.15) is 24.2 Å². The van der Waals surface area contributed by atoms with Gasteiger partial charge in [-0.2, -0.15) is 5.26 Å². The number of aromatic nitrogens is 1. The van der Waals surface area contributed by atoms with Crippen molar-refractivity contribution in [1.29, 1.82) is 5.26 Å². The van der Waals surface area contributed by atoms with E-state index < -0.39 is 5.82 Å². The summed E-state index contributed by atoms with van der Waals surface area (Å²) in [5, 5.41) is 8.73. The van der Waals surface area contributed by atoms with Crippen molar-refractivity contribution in [3.05, 3.63) is 59.2 Å². The summed E-state index contributed by atoms with van der Waals surface area (Å²) in [4.78, 5) is 4.06. The molecule has 0 aliphatic carbocycles. The second kappa shape index (κ2) is 6.17. The molecule has 19 heavy (non-hydrogen) atoms. The molecule has 0 atom stereocenters. The average molecular weight is 277 g/mol. The fourth-order valence-corrected chi connectivity index (χ4v) is 1.67. The summed E-state index contributed by atoms with van der Waals surface area (Å²) in [5.41, 5.74) is 1.09. The van der Waals surface area contributed by atoms with E-state index in [1.54, 1.807) is 30.3 Å². The van der Waals surface area contributed by atoms with Gasteiger partial charge in [0.25, 0.3) is 0 Å². The highest BCUT2D eigenvalue weighted by Gasteiger charge is 2.08. The SMILES string of the molecule is N#Cc1cccc(COc2ccc(CCl)nc2)c1F. The monoisotopic (exact) mass is 276 g/mol. The van der Waals surface area contributed by atoms with Gasteiger partial charge in [-0.25, -0.2) is 4.39 Å². The molecular weight excluding hydrogens is 267 g/mol. The third kappa shape index (κ3) is 3.21. The minimum Gasteiger partial charge on any atom is -0.487 e. The predicted octanol–water partition coefficient (Wildman–Crippen LogP) is 3.41. The van der Waals surface area contributed by atoms with E-state index in [0.717, 1.165) is 5.69 Å². The molecule has 0 amide bonds. The molecule has 0 aliphatic rings. The van der Waals surface area contributed by atoms with Crippen molar-refractivity contribution in [3.63, 3.8) is 0 Å². The fourth-order valence-electron chi connectivity index (χ4n) is 1.51. The summed E-state index contributed by atoms with van der Waals surface area (Å²) >= 11 is 5.62. The smallest absolute Gasteiger partial charge is 0.147 e. The van der Waals surface area contributed by atoms with Gasteiger partial charge in [0.05, 0.1) is 23.3 Å². The number of halogens is 2. The van der Waals surface area contributed by atoms with Crippen molar-refractivity contribution in [2.45, 2.75) is 12.5 Å². The first-order valence-electron chi connectivity index (χ1n) is 5.55. The van der Waals surface area contributed by atoms with Gasteiger partial charge in [-0.3, -0.25) is 4.98 Å². The standard InChI is InChI=1S/C14H10ClFN2O/c15-6-12-4-5-13(8-18-12)19-9-11-3-1-2-10(7-17)14(11)16/h1-5,8H,6,9H2. The number of ether oxygens (including phenoxy) is 1. The molecule has 2 rings (SSSR count). The maximum absolute atomic E-state index is 13.8. The number of hydrogen-bond acceptors (Lipinski definition) is 3. The minimum absolute atomic E-state index is 0.0108. The fraction of sp³-hybridized carbons (Fsp3) is 0.143. The van der Waals surface area contributed by atoms with Gasteiger partial charge in [-0.05, 0) is 18.2 Å². The van der Waals surface area contributed by atoms with Gasteiger partial charge in [0.15, 0.2) is 0 Å². The van der Waals surface area contributed by atoms with Crippen molar-refractivity contribution in [3.8, 4) is 11.8 Å².